The summed E-state index contributed by atoms with van der Waals surface area (Å²) in [5, 5.41) is 0. The van der Waals surface area contributed by atoms with Crippen molar-refractivity contribution >= 4 is 17.0 Å². The summed E-state index contributed by atoms with van der Waals surface area (Å²) in [7, 11) is 0. The maximum Gasteiger partial charge on any atom is 0.419 e. The second-order valence-corrected chi connectivity index (χ2v) is 8.44. The molecule has 1 aromatic heterocycles. The molecule has 3 fully saturated rings. The van der Waals surface area contributed by atoms with Crippen molar-refractivity contribution in [1.29, 1.82) is 0 Å². The van der Waals surface area contributed by atoms with Crippen molar-refractivity contribution in [3.8, 4) is 0 Å². The van der Waals surface area contributed by atoms with Gasteiger partial charge in [0, 0.05) is 19.0 Å². The molecule has 1 amide bonds. The number of benzene rings is 1. The first-order valence-electron chi connectivity index (χ1n) is 10.4. The molecule has 5 rings (SSSR count). The Hall–Kier alpha value is -2.12. The number of nitrogens with zero attached hydrogens (tertiary/aromatic N) is 3. The normalized spacial score (nSPS) is 24.7. The molecule has 0 N–H and O–H groups in total. The Labute approximate surface area is 163 Å². The van der Waals surface area contributed by atoms with Gasteiger partial charge in [-0.3, -0.25) is 14.3 Å². The van der Waals surface area contributed by atoms with Gasteiger partial charge < -0.3 is 14.1 Å². The van der Waals surface area contributed by atoms with Crippen LogP contribution >= 0.6 is 0 Å². The number of oxazole rings is 1. The van der Waals surface area contributed by atoms with Crippen molar-refractivity contribution in [1.82, 2.24) is 14.4 Å². The number of hydrogen-bond acceptors (Lipinski definition) is 5. The smallest absolute Gasteiger partial charge is 0.408 e. The van der Waals surface area contributed by atoms with Crippen molar-refractivity contribution < 1.29 is 13.9 Å². The van der Waals surface area contributed by atoms with Crippen molar-refractivity contribution in [3.05, 3.63) is 34.8 Å². The van der Waals surface area contributed by atoms with E-state index < -0.39 is 5.76 Å². The molecule has 0 radical (unpaired) electrons. The maximum atomic E-state index is 12.6. The molecule has 7 nitrogen and oxygen atoms in total. The van der Waals surface area contributed by atoms with Crippen LogP contribution < -0.4 is 5.76 Å². The number of amides is 1. The largest absolute Gasteiger partial charge is 0.419 e. The van der Waals surface area contributed by atoms with Gasteiger partial charge in [-0.05, 0) is 44.5 Å². The number of aryl methyl sites for hydroxylation is 1. The van der Waals surface area contributed by atoms with E-state index in [2.05, 4.69) is 4.90 Å². The van der Waals surface area contributed by atoms with Crippen molar-refractivity contribution in [3.63, 3.8) is 0 Å². The molecule has 28 heavy (non-hydrogen) atoms. The molecular weight excluding hydrogens is 358 g/mol. The van der Waals surface area contributed by atoms with Crippen molar-refractivity contribution in [2.45, 2.75) is 50.3 Å². The first-order valence-corrected chi connectivity index (χ1v) is 10.4. The van der Waals surface area contributed by atoms with Gasteiger partial charge in [0.25, 0.3) is 0 Å². The SMILES string of the molecule is O=C(CCn1c(=O)oc2ccccc21)N1CC2(CC(N3CCCCC3)CO2)C1. The molecule has 0 bridgehead atoms. The highest BCUT2D eigenvalue weighted by Crippen LogP contribution is 2.37. The second kappa shape index (κ2) is 7.04. The van der Waals surface area contributed by atoms with Gasteiger partial charge in [-0.1, -0.05) is 18.6 Å². The topological polar surface area (TPSA) is 67.9 Å². The van der Waals surface area contributed by atoms with E-state index in [0.717, 1.165) is 18.5 Å². The van der Waals surface area contributed by atoms with Crippen molar-refractivity contribution in [2.75, 3.05) is 32.8 Å². The molecule has 7 heteroatoms. The summed E-state index contributed by atoms with van der Waals surface area (Å²) in [4.78, 5) is 29.1. The van der Waals surface area contributed by atoms with Crippen LogP contribution in [-0.4, -0.2) is 64.7 Å². The van der Waals surface area contributed by atoms with Gasteiger partial charge in [-0.2, -0.15) is 0 Å². The lowest BCUT2D eigenvalue weighted by Crippen LogP contribution is -2.63. The highest BCUT2D eigenvalue weighted by Gasteiger charge is 2.52. The minimum absolute atomic E-state index is 0.0767. The van der Waals surface area contributed by atoms with Gasteiger partial charge in [0.2, 0.25) is 5.91 Å². The fraction of sp³-hybridized carbons (Fsp3) is 0.619. The number of rotatable bonds is 4. The third kappa shape index (κ3) is 3.16. The Balaban J connectivity index is 1.15. The average molecular weight is 385 g/mol. The van der Waals surface area contributed by atoms with Gasteiger partial charge in [0.05, 0.1) is 25.2 Å². The number of carbonyl (C=O) groups excluding carboxylic acids is 1. The van der Waals surface area contributed by atoms with E-state index in [9.17, 15) is 9.59 Å². The third-order valence-electron chi connectivity index (χ3n) is 6.53. The lowest BCUT2D eigenvalue weighted by atomic mass is 9.88. The quantitative estimate of drug-likeness (QED) is 0.803. The molecule has 0 saturated carbocycles. The van der Waals surface area contributed by atoms with Crippen LogP contribution in [0.1, 0.15) is 32.1 Å². The molecule has 150 valence electrons. The van der Waals surface area contributed by atoms with Gasteiger partial charge in [-0.15, -0.1) is 0 Å². The summed E-state index contributed by atoms with van der Waals surface area (Å²) < 4.78 is 12.9. The third-order valence-corrected chi connectivity index (χ3v) is 6.53. The van der Waals surface area contributed by atoms with E-state index in [1.54, 1.807) is 10.6 Å². The molecule has 1 aromatic carbocycles. The summed E-state index contributed by atoms with van der Waals surface area (Å²) in [5.41, 5.74) is 1.16. The van der Waals surface area contributed by atoms with Crippen LogP contribution in [-0.2, 0) is 16.1 Å². The summed E-state index contributed by atoms with van der Waals surface area (Å²) in [6.07, 6.45) is 5.25. The number of para-hydroxylation sites is 2. The monoisotopic (exact) mass is 385 g/mol. The number of piperidine rings is 1. The van der Waals surface area contributed by atoms with E-state index in [1.807, 2.05) is 23.1 Å². The number of aromatic nitrogens is 1. The minimum atomic E-state index is -0.405. The predicted octanol–water partition coefficient (Wildman–Crippen LogP) is 1.84. The first-order chi connectivity index (χ1) is 13.6. The van der Waals surface area contributed by atoms with E-state index in [4.69, 9.17) is 9.15 Å². The van der Waals surface area contributed by atoms with E-state index in [-0.39, 0.29) is 11.5 Å². The molecule has 4 heterocycles. The van der Waals surface area contributed by atoms with Crippen LogP contribution in [0.15, 0.2) is 33.5 Å². The molecule has 1 atom stereocenters. The molecule has 1 spiro atoms. The maximum absolute atomic E-state index is 12.6. The van der Waals surface area contributed by atoms with Gasteiger partial charge >= 0.3 is 5.76 Å². The Kier molecular flexibility index (Phi) is 4.51. The zero-order chi connectivity index (χ0) is 19.1. The summed E-state index contributed by atoms with van der Waals surface area (Å²) in [6.45, 7) is 4.85. The number of carbonyl (C=O) groups is 1. The summed E-state index contributed by atoms with van der Waals surface area (Å²) in [6, 6.07) is 7.82. The zero-order valence-corrected chi connectivity index (χ0v) is 16.1. The summed E-state index contributed by atoms with van der Waals surface area (Å²) >= 11 is 0. The van der Waals surface area contributed by atoms with Gasteiger partial charge in [-0.25, -0.2) is 4.79 Å². The van der Waals surface area contributed by atoms with Gasteiger partial charge in [0.15, 0.2) is 5.58 Å². The molecule has 3 aliphatic rings. The number of hydrogen-bond donors (Lipinski definition) is 0. The van der Waals surface area contributed by atoms with E-state index in [1.165, 1.54) is 32.4 Å². The lowest BCUT2D eigenvalue weighted by Gasteiger charge is -2.47. The fourth-order valence-corrected chi connectivity index (χ4v) is 4.98. The van der Waals surface area contributed by atoms with Crippen LogP contribution in [0.3, 0.4) is 0 Å². The van der Waals surface area contributed by atoms with E-state index in [0.29, 0.717) is 37.7 Å². The van der Waals surface area contributed by atoms with Crippen LogP contribution in [0.4, 0.5) is 0 Å². The molecule has 3 aliphatic heterocycles. The molecular formula is C21H27N3O4. The summed E-state index contributed by atoms with van der Waals surface area (Å²) in [5.74, 6) is -0.328. The number of fused-ring (bicyclic) bond motifs is 1. The van der Waals surface area contributed by atoms with E-state index >= 15 is 0 Å². The lowest BCUT2D eigenvalue weighted by molar-refractivity contribution is -0.157. The highest BCUT2D eigenvalue weighted by atomic mass is 16.5. The molecule has 3 saturated heterocycles. The Morgan fingerprint density at radius 2 is 1.93 bits per heavy atom. The fourth-order valence-electron chi connectivity index (χ4n) is 4.98. The van der Waals surface area contributed by atoms with Crippen molar-refractivity contribution in [2.24, 2.45) is 0 Å². The van der Waals surface area contributed by atoms with Crippen LogP contribution in [0.5, 0.6) is 0 Å². The average Bonchev–Trinajstić information content (AvgIpc) is 3.27. The highest BCUT2D eigenvalue weighted by molar-refractivity contribution is 5.78. The predicted molar refractivity (Wildman–Crippen MR) is 104 cm³/mol. The zero-order valence-electron chi connectivity index (χ0n) is 16.1. The number of likely N-dealkylation sites (tertiary alicyclic amines) is 2. The Morgan fingerprint density at radius 1 is 1.14 bits per heavy atom. The van der Waals surface area contributed by atoms with Crippen LogP contribution in [0, 0.1) is 0 Å². The standard InChI is InChI=1S/C21H27N3O4/c25-19(8-11-24-17-6-2-3-7-18(17)28-20(24)26)23-14-21(15-23)12-16(13-27-21)22-9-4-1-5-10-22/h2-3,6-7,16H,1,4-5,8-15H2. The molecule has 1 unspecified atom stereocenters. The molecule has 0 aliphatic carbocycles. The number of ether oxygens (including phenoxy) is 1. The van der Waals surface area contributed by atoms with Crippen LogP contribution in [0.2, 0.25) is 0 Å². The Morgan fingerprint density at radius 3 is 2.75 bits per heavy atom. The molecule has 2 aromatic rings. The Bertz CT molecular complexity index is 921. The first kappa shape index (κ1) is 17.9. The second-order valence-electron chi connectivity index (χ2n) is 8.44. The van der Waals surface area contributed by atoms with Gasteiger partial charge in [0.1, 0.15) is 5.60 Å². The minimum Gasteiger partial charge on any atom is -0.408 e. The van der Waals surface area contributed by atoms with Crippen LogP contribution in [0.25, 0.3) is 11.1 Å².